The van der Waals surface area contributed by atoms with Gasteiger partial charge >= 0.3 is 0 Å². The molecule has 0 amide bonds. The first-order valence-corrected chi connectivity index (χ1v) is 7.56. The van der Waals surface area contributed by atoms with Gasteiger partial charge in [-0.3, -0.25) is 5.43 Å². The maximum absolute atomic E-state index is 12.5. The van der Waals surface area contributed by atoms with Crippen molar-refractivity contribution in [1.29, 1.82) is 0 Å². The number of hydrogen-bond donors (Lipinski definition) is 1. The Morgan fingerprint density at radius 1 is 0.950 bits per heavy atom. The first-order valence-electron chi connectivity index (χ1n) is 6.08. The normalized spacial score (nSPS) is 13.4. The number of rotatable bonds is 2. The van der Waals surface area contributed by atoms with E-state index in [1.807, 2.05) is 6.08 Å². The molecule has 20 heavy (non-hydrogen) atoms. The number of nitrogens with zero attached hydrogens (tertiary/aromatic N) is 1. The van der Waals surface area contributed by atoms with Crippen LogP contribution in [0, 0.1) is 0 Å². The lowest BCUT2D eigenvalue weighted by molar-refractivity contribution is 0.596. The van der Waals surface area contributed by atoms with E-state index in [9.17, 15) is 8.42 Å². The summed E-state index contributed by atoms with van der Waals surface area (Å²) in [4.78, 5) is 0.567. The zero-order chi connectivity index (χ0) is 14.0. The van der Waals surface area contributed by atoms with E-state index < -0.39 is 9.84 Å². The van der Waals surface area contributed by atoms with Crippen LogP contribution in [0.3, 0.4) is 0 Å². The van der Waals surface area contributed by atoms with Gasteiger partial charge in [0.15, 0.2) is 0 Å². The lowest BCUT2D eigenvalue weighted by Gasteiger charge is -2.08. The van der Waals surface area contributed by atoms with E-state index >= 15 is 0 Å². The van der Waals surface area contributed by atoms with Crippen LogP contribution in [0.5, 0.6) is 0 Å². The average molecular weight is 284 g/mol. The van der Waals surface area contributed by atoms with Crippen LogP contribution < -0.4 is 5.43 Å². The van der Waals surface area contributed by atoms with Crippen LogP contribution in [0.4, 0.5) is 5.69 Å². The Bertz CT molecular complexity index is 794. The van der Waals surface area contributed by atoms with Gasteiger partial charge in [-0.2, -0.15) is 5.10 Å². The smallest absolute Gasteiger partial charge is 0.206 e. The summed E-state index contributed by atoms with van der Waals surface area (Å²) in [5, 5.41) is 3.95. The number of hydrogen-bond acceptors (Lipinski definition) is 4. The minimum absolute atomic E-state index is 0.274. The zero-order valence-electron chi connectivity index (χ0n) is 10.5. The Kier molecular flexibility index (Phi) is 3.12. The second-order valence-electron chi connectivity index (χ2n) is 4.31. The van der Waals surface area contributed by atoms with Crippen LogP contribution in [-0.2, 0) is 9.84 Å². The lowest BCUT2D eigenvalue weighted by atomic mass is 10.2. The molecule has 0 unspecified atom stereocenters. The van der Waals surface area contributed by atoms with Gasteiger partial charge in [0.1, 0.15) is 0 Å². The van der Waals surface area contributed by atoms with E-state index in [1.54, 1.807) is 60.8 Å². The molecule has 1 N–H and O–H groups in total. The van der Waals surface area contributed by atoms with Crippen molar-refractivity contribution in [3.8, 4) is 0 Å². The third kappa shape index (κ3) is 2.23. The quantitative estimate of drug-likeness (QED) is 0.922. The second-order valence-corrected chi connectivity index (χ2v) is 6.26. The molecule has 0 aromatic heterocycles. The van der Waals surface area contributed by atoms with Crippen molar-refractivity contribution in [3.63, 3.8) is 0 Å². The molecular weight excluding hydrogens is 272 g/mol. The summed E-state index contributed by atoms with van der Waals surface area (Å²) < 4.78 is 25.1. The molecule has 0 saturated heterocycles. The van der Waals surface area contributed by atoms with Crippen molar-refractivity contribution in [1.82, 2.24) is 0 Å². The van der Waals surface area contributed by atoms with Gasteiger partial charge in [-0.05, 0) is 36.4 Å². The molecule has 0 radical (unpaired) electrons. The molecule has 0 aliphatic carbocycles. The van der Waals surface area contributed by atoms with Crippen LogP contribution in [0.15, 0.2) is 69.5 Å². The van der Waals surface area contributed by atoms with Crippen molar-refractivity contribution in [3.05, 3.63) is 60.2 Å². The summed E-state index contributed by atoms with van der Waals surface area (Å²) in [7, 11) is -3.49. The molecule has 0 saturated carbocycles. The molecule has 0 spiro atoms. The zero-order valence-corrected chi connectivity index (χ0v) is 11.3. The number of fused-ring (bicyclic) bond motifs is 1. The minimum atomic E-state index is -3.49. The first-order chi connectivity index (χ1) is 9.68. The number of allylic oxidation sites excluding steroid dienone is 1. The van der Waals surface area contributed by atoms with Gasteiger partial charge in [-0.1, -0.05) is 24.3 Å². The van der Waals surface area contributed by atoms with E-state index in [0.29, 0.717) is 4.90 Å². The summed E-state index contributed by atoms with van der Waals surface area (Å²) >= 11 is 0. The van der Waals surface area contributed by atoms with Gasteiger partial charge in [0.2, 0.25) is 9.84 Å². The standard InChI is InChI=1S/C15H12N2O2S/c18-20(19,13-6-2-1-3-7-13)14-8-9-15-12(11-14)5-4-10-16-17-15/h1-11,17H. The predicted molar refractivity (Wildman–Crippen MR) is 79.5 cm³/mol. The van der Waals surface area contributed by atoms with Gasteiger partial charge in [-0.25, -0.2) is 8.42 Å². The van der Waals surface area contributed by atoms with Gasteiger partial charge in [0.05, 0.1) is 15.5 Å². The van der Waals surface area contributed by atoms with Crippen molar-refractivity contribution in [2.75, 3.05) is 5.43 Å². The molecule has 0 atom stereocenters. The molecular formula is C15H12N2O2S. The number of anilines is 1. The summed E-state index contributed by atoms with van der Waals surface area (Å²) in [6.07, 6.45) is 5.20. The van der Waals surface area contributed by atoms with Crippen LogP contribution in [0.25, 0.3) is 6.08 Å². The van der Waals surface area contributed by atoms with E-state index in [0.717, 1.165) is 11.3 Å². The molecule has 1 heterocycles. The topological polar surface area (TPSA) is 58.5 Å². The largest absolute Gasteiger partial charge is 0.278 e. The van der Waals surface area contributed by atoms with E-state index in [1.165, 1.54) is 0 Å². The Morgan fingerprint density at radius 3 is 2.55 bits per heavy atom. The SMILES string of the molecule is O=S(=O)(c1ccccc1)c1ccc2c(c1)C=CC=NN2. The summed E-state index contributed by atoms with van der Waals surface area (Å²) in [6, 6.07) is 13.4. The molecule has 3 rings (SSSR count). The molecule has 2 aromatic rings. The Labute approximate surface area is 117 Å². The fourth-order valence-corrected chi connectivity index (χ4v) is 3.30. The van der Waals surface area contributed by atoms with Crippen LogP contribution in [-0.4, -0.2) is 14.6 Å². The third-order valence-corrected chi connectivity index (χ3v) is 4.78. The number of hydrazone groups is 1. The van der Waals surface area contributed by atoms with Crippen molar-refractivity contribution < 1.29 is 8.42 Å². The summed E-state index contributed by atoms with van der Waals surface area (Å²) in [5.41, 5.74) is 4.43. The van der Waals surface area contributed by atoms with Crippen molar-refractivity contribution in [2.24, 2.45) is 5.10 Å². The van der Waals surface area contributed by atoms with Gasteiger partial charge in [-0.15, -0.1) is 0 Å². The Morgan fingerprint density at radius 2 is 1.75 bits per heavy atom. The highest BCUT2D eigenvalue weighted by atomic mass is 32.2. The molecule has 100 valence electrons. The van der Waals surface area contributed by atoms with E-state index in [-0.39, 0.29) is 4.90 Å². The van der Waals surface area contributed by atoms with Gasteiger partial charge in [0, 0.05) is 11.8 Å². The van der Waals surface area contributed by atoms with Gasteiger partial charge in [0.25, 0.3) is 0 Å². The van der Waals surface area contributed by atoms with Crippen LogP contribution in [0.2, 0.25) is 0 Å². The first kappa shape index (κ1) is 12.6. The maximum Gasteiger partial charge on any atom is 0.206 e. The van der Waals surface area contributed by atoms with E-state index in [4.69, 9.17) is 0 Å². The fraction of sp³-hybridized carbons (Fsp3) is 0. The number of sulfone groups is 1. The Balaban J connectivity index is 2.10. The molecule has 1 aliphatic heterocycles. The summed E-state index contributed by atoms with van der Waals surface area (Å²) in [5.74, 6) is 0. The molecule has 1 aliphatic rings. The summed E-state index contributed by atoms with van der Waals surface area (Å²) in [6.45, 7) is 0. The molecule has 4 nitrogen and oxygen atoms in total. The highest BCUT2D eigenvalue weighted by Gasteiger charge is 2.18. The third-order valence-electron chi connectivity index (χ3n) is 3.01. The Hall–Kier alpha value is -2.40. The molecule has 5 heteroatoms. The number of nitrogens with one attached hydrogen (secondary N) is 1. The van der Waals surface area contributed by atoms with Crippen molar-refractivity contribution >= 4 is 27.8 Å². The molecule has 0 bridgehead atoms. The van der Waals surface area contributed by atoms with Crippen molar-refractivity contribution in [2.45, 2.75) is 9.79 Å². The van der Waals surface area contributed by atoms with Gasteiger partial charge < -0.3 is 0 Å². The van der Waals surface area contributed by atoms with Crippen LogP contribution in [0.1, 0.15) is 5.56 Å². The highest BCUT2D eigenvalue weighted by molar-refractivity contribution is 7.91. The second kappa shape index (κ2) is 4.94. The highest BCUT2D eigenvalue weighted by Crippen LogP contribution is 2.26. The minimum Gasteiger partial charge on any atom is -0.278 e. The average Bonchev–Trinajstić information content (AvgIpc) is 2.72. The molecule has 0 fully saturated rings. The number of benzene rings is 2. The van der Waals surface area contributed by atoms with Crippen LogP contribution >= 0.6 is 0 Å². The predicted octanol–water partition coefficient (Wildman–Crippen LogP) is 2.94. The van der Waals surface area contributed by atoms with E-state index in [2.05, 4.69) is 10.5 Å². The fourth-order valence-electron chi connectivity index (χ4n) is 1.98. The monoisotopic (exact) mass is 284 g/mol. The maximum atomic E-state index is 12.5. The molecule has 2 aromatic carbocycles. The lowest BCUT2D eigenvalue weighted by Crippen LogP contribution is -2.02.